The molecular weight excluding hydrogens is 244 g/mol. The van der Waals surface area contributed by atoms with Crippen LogP contribution in [-0.4, -0.2) is 31.1 Å². The normalized spacial score (nSPS) is 30.4. The summed E-state index contributed by atoms with van der Waals surface area (Å²) in [5.41, 5.74) is 7.38. The van der Waals surface area contributed by atoms with E-state index in [0.29, 0.717) is 5.41 Å². The molecule has 2 saturated carbocycles. The van der Waals surface area contributed by atoms with Crippen molar-refractivity contribution in [1.29, 1.82) is 0 Å². The van der Waals surface area contributed by atoms with Crippen LogP contribution < -0.4 is 5.73 Å². The van der Waals surface area contributed by atoms with E-state index in [2.05, 4.69) is 4.90 Å². The summed E-state index contributed by atoms with van der Waals surface area (Å²) in [6.07, 6.45) is 17.5. The molecule has 1 aliphatic heterocycles. The Bertz CT molecular complexity index is 291. The summed E-state index contributed by atoms with van der Waals surface area (Å²) in [5.74, 6) is 0. The molecular formula is C18H34N2. The predicted octanol–water partition coefficient (Wildman–Crippen LogP) is 3.94. The smallest absolute Gasteiger partial charge is 0.00501 e. The van der Waals surface area contributed by atoms with Crippen LogP contribution in [0.25, 0.3) is 0 Å². The van der Waals surface area contributed by atoms with Crippen LogP contribution in [0.4, 0.5) is 0 Å². The fourth-order valence-electron chi connectivity index (χ4n) is 5.19. The monoisotopic (exact) mass is 278 g/mol. The highest BCUT2D eigenvalue weighted by molar-refractivity contribution is 4.92. The van der Waals surface area contributed by atoms with E-state index in [-0.39, 0.29) is 0 Å². The van der Waals surface area contributed by atoms with Crippen LogP contribution in [0.3, 0.4) is 0 Å². The lowest BCUT2D eigenvalue weighted by Gasteiger charge is -2.47. The van der Waals surface area contributed by atoms with E-state index in [1.165, 1.54) is 96.7 Å². The summed E-state index contributed by atoms with van der Waals surface area (Å²) in [6, 6.07) is 0. The van der Waals surface area contributed by atoms with Crippen LogP contribution in [0.2, 0.25) is 0 Å². The fourth-order valence-corrected chi connectivity index (χ4v) is 5.19. The second-order valence-corrected chi connectivity index (χ2v) is 8.10. The summed E-state index contributed by atoms with van der Waals surface area (Å²) in [5, 5.41) is 0. The van der Waals surface area contributed by atoms with Gasteiger partial charge in [0.2, 0.25) is 0 Å². The predicted molar refractivity (Wildman–Crippen MR) is 85.8 cm³/mol. The van der Waals surface area contributed by atoms with E-state index in [9.17, 15) is 0 Å². The number of nitrogens with zero attached hydrogens (tertiary/aromatic N) is 1. The van der Waals surface area contributed by atoms with Gasteiger partial charge in [-0.3, -0.25) is 0 Å². The third-order valence-electron chi connectivity index (χ3n) is 6.74. The highest BCUT2D eigenvalue weighted by atomic mass is 15.1. The molecule has 20 heavy (non-hydrogen) atoms. The lowest BCUT2D eigenvalue weighted by atomic mass is 9.67. The van der Waals surface area contributed by atoms with Gasteiger partial charge in [0.1, 0.15) is 0 Å². The lowest BCUT2D eigenvalue weighted by Crippen LogP contribution is -2.48. The van der Waals surface area contributed by atoms with Crippen LogP contribution in [-0.2, 0) is 0 Å². The van der Waals surface area contributed by atoms with E-state index in [4.69, 9.17) is 5.73 Å². The van der Waals surface area contributed by atoms with Gasteiger partial charge in [-0.1, -0.05) is 38.5 Å². The van der Waals surface area contributed by atoms with Gasteiger partial charge in [-0.25, -0.2) is 0 Å². The Hall–Kier alpha value is -0.0800. The van der Waals surface area contributed by atoms with Crippen molar-refractivity contribution >= 4 is 0 Å². The van der Waals surface area contributed by atoms with Gasteiger partial charge in [-0.05, 0) is 69.0 Å². The van der Waals surface area contributed by atoms with E-state index in [1.807, 2.05) is 0 Å². The Morgan fingerprint density at radius 1 is 0.700 bits per heavy atom. The Morgan fingerprint density at radius 2 is 1.25 bits per heavy atom. The molecule has 2 heteroatoms. The van der Waals surface area contributed by atoms with Crippen molar-refractivity contribution < 1.29 is 0 Å². The van der Waals surface area contributed by atoms with Gasteiger partial charge in [0.15, 0.2) is 0 Å². The third-order valence-corrected chi connectivity index (χ3v) is 6.74. The molecule has 2 nitrogen and oxygen atoms in total. The van der Waals surface area contributed by atoms with E-state index in [0.717, 1.165) is 12.0 Å². The van der Waals surface area contributed by atoms with Crippen molar-refractivity contribution in [3.05, 3.63) is 0 Å². The first kappa shape index (κ1) is 14.8. The molecule has 0 aromatic rings. The van der Waals surface area contributed by atoms with Crippen molar-refractivity contribution in [2.75, 3.05) is 26.2 Å². The summed E-state index contributed by atoms with van der Waals surface area (Å²) >= 11 is 0. The molecule has 1 saturated heterocycles. The number of hydrogen-bond acceptors (Lipinski definition) is 2. The maximum atomic E-state index is 6.17. The van der Waals surface area contributed by atoms with Crippen LogP contribution >= 0.6 is 0 Å². The molecule has 1 spiro atoms. The van der Waals surface area contributed by atoms with Crippen molar-refractivity contribution in [2.24, 2.45) is 16.6 Å². The molecule has 1 heterocycles. The molecule has 2 aliphatic carbocycles. The maximum Gasteiger partial charge on any atom is 0.00501 e. The Morgan fingerprint density at radius 3 is 1.80 bits per heavy atom. The molecule has 3 rings (SSSR count). The Labute approximate surface area is 125 Å². The van der Waals surface area contributed by atoms with Crippen LogP contribution in [0.15, 0.2) is 0 Å². The topological polar surface area (TPSA) is 29.3 Å². The zero-order valence-electron chi connectivity index (χ0n) is 13.3. The fraction of sp³-hybridized carbons (Fsp3) is 1.00. The average molecular weight is 278 g/mol. The van der Waals surface area contributed by atoms with Gasteiger partial charge in [-0.15, -0.1) is 0 Å². The highest BCUT2D eigenvalue weighted by Crippen LogP contribution is 2.45. The minimum atomic E-state index is 0.468. The summed E-state index contributed by atoms with van der Waals surface area (Å²) in [4.78, 5) is 2.76. The largest absolute Gasteiger partial charge is 0.330 e. The standard InChI is InChI=1S/C18H34N2/c19-15-18(9-5-2-6-10-18)16-20-13-11-17(12-14-20)7-3-1-4-8-17/h1-16,19H2. The Kier molecular flexibility index (Phi) is 4.72. The van der Waals surface area contributed by atoms with Gasteiger partial charge >= 0.3 is 0 Å². The highest BCUT2D eigenvalue weighted by Gasteiger charge is 2.38. The van der Waals surface area contributed by atoms with Crippen molar-refractivity contribution in [3.8, 4) is 0 Å². The molecule has 0 aromatic carbocycles. The van der Waals surface area contributed by atoms with Crippen LogP contribution in [0, 0.1) is 10.8 Å². The van der Waals surface area contributed by atoms with Crippen molar-refractivity contribution in [3.63, 3.8) is 0 Å². The molecule has 3 aliphatic rings. The van der Waals surface area contributed by atoms with Gasteiger partial charge in [0, 0.05) is 6.54 Å². The van der Waals surface area contributed by atoms with Crippen LogP contribution in [0.5, 0.6) is 0 Å². The first-order chi connectivity index (χ1) is 9.76. The van der Waals surface area contributed by atoms with E-state index in [1.54, 1.807) is 0 Å². The van der Waals surface area contributed by atoms with E-state index < -0.39 is 0 Å². The average Bonchev–Trinajstić information content (AvgIpc) is 2.52. The van der Waals surface area contributed by atoms with Gasteiger partial charge in [0.25, 0.3) is 0 Å². The van der Waals surface area contributed by atoms with Gasteiger partial charge in [-0.2, -0.15) is 0 Å². The zero-order chi connectivity index (χ0) is 13.9. The van der Waals surface area contributed by atoms with Crippen molar-refractivity contribution in [1.82, 2.24) is 4.90 Å². The number of piperidine rings is 1. The summed E-state index contributed by atoms with van der Waals surface area (Å²) in [6.45, 7) is 4.90. The van der Waals surface area contributed by atoms with Gasteiger partial charge < -0.3 is 10.6 Å². The second kappa shape index (κ2) is 6.36. The van der Waals surface area contributed by atoms with Crippen molar-refractivity contribution in [2.45, 2.75) is 77.0 Å². The third kappa shape index (κ3) is 3.22. The summed E-state index contributed by atoms with van der Waals surface area (Å²) < 4.78 is 0. The SMILES string of the molecule is NCC1(CN2CCC3(CCCCC3)CC2)CCCCC1. The lowest BCUT2D eigenvalue weighted by molar-refractivity contribution is 0.0328. The molecule has 3 fully saturated rings. The summed E-state index contributed by atoms with van der Waals surface area (Å²) in [7, 11) is 0. The Balaban J connectivity index is 1.52. The van der Waals surface area contributed by atoms with Crippen LogP contribution in [0.1, 0.15) is 77.0 Å². The molecule has 0 radical (unpaired) electrons. The molecule has 0 aromatic heterocycles. The molecule has 0 bridgehead atoms. The zero-order valence-corrected chi connectivity index (χ0v) is 13.3. The first-order valence-corrected chi connectivity index (χ1v) is 9.19. The minimum absolute atomic E-state index is 0.468. The quantitative estimate of drug-likeness (QED) is 0.847. The maximum absolute atomic E-state index is 6.17. The number of rotatable bonds is 3. The molecule has 0 atom stereocenters. The first-order valence-electron chi connectivity index (χ1n) is 9.19. The van der Waals surface area contributed by atoms with E-state index >= 15 is 0 Å². The number of nitrogens with two attached hydrogens (primary N) is 1. The minimum Gasteiger partial charge on any atom is -0.330 e. The van der Waals surface area contributed by atoms with Gasteiger partial charge in [0.05, 0.1) is 0 Å². The number of hydrogen-bond donors (Lipinski definition) is 1. The molecule has 116 valence electrons. The molecule has 0 unspecified atom stereocenters. The molecule has 0 amide bonds. The number of likely N-dealkylation sites (tertiary alicyclic amines) is 1. The second-order valence-electron chi connectivity index (χ2n) is 8.10. The molecule has 2 N–H and O–H groups in total.